The van der Waals surface area contributed by atoms with E-state index in [4.69, 9.17) is 4.74 Å². The molecule has 1 aliphatic rings. The number of rotatable bonds is 1. The lowest BCUT2D eigenvalue weighted by Crippen LogP contribution is -1.98. The van der Waals surface area contributed by atoms with Gasteiger partial charge in [-0.3, -0.25) is 0 Å². The molecule has 2 atom stereocenters. The molecule has 0 aromatic carbocycles. The van der Waals surface area contributed by atoms with Crippen LogP contribution in [-0.4, -0.2) is 18.0 Å². The van der Waals surface area contributed by atoms with Crippen LogP contribution in [0.15, 0.2) is 0 Å². The lowest BCUT2D eigenvalue weighted by Gasteiger charge is -1.90. The first-order chi connectivity index (χ1) is 2.80. The Morgan fingerprint density at radius 3 is 2.50 bits per heavy atom. The van der Waals surface area contributed by atoms with E-state index >= 15 is 0 Å². The summed E-state index contributed by atoms with van der Waals surface area (Å²) in [6.45, 7) is 2.96. The average molecular weight is 104 g/mol. The van der Waals surface area contributed by atoms with Crippen molar-refractivity contribution in [2.45, 2.75) is 18.3 Å². The summed E-state index contributed by atoms with van der Waals surface area (Å²) in [7, 11) is 0. The van der Waals surface area contributed by atoms with Gasteiger partial charge in [0, 0.05) is 5.25 Å². The smallest absolute Gasteiger partial charge is 0.0922 e. The maximum atomic E-state index is 4.89. The molecular formula is C4H8OS. The van der Waals surface area contributed by atoms with E-state index in [1.807, 2.05) is 6.92 Å². The molecule has 0 aromatic rings. The molecule has 36 valence electrons. The normalized spacial score (nSPS) is 36.0. The van der Waals surface area contributed by atoms with Crippen LogP contribution in [0.1, 0.15) is 6.92 Å². The molecule has 0 spiro atoms. The van der Waals surface area contributed by atoms with E-state index in [1.165, 1.54) is 0 Å². The van der Waals surface area contributed by atoms with E-state index in [0.717, 1.165) is 6.61 Å². The molecule has 2 heteroatoms. The largest absolute Gasteiger partial charge is 0.372 e. The molecule has 0 radical (unpaired) electrons. The molecule has 0 amide bonds. The summed E-state index contributed by atoms with van der Waals surface area (Å²) < 4.78 is 4.89. The highest BCUT2D eigenvalue weighted by molar-refractivity contribution is 7.81. The third-order valence-electron chi connectivity index (χ3n) is 0.897. The van der Waals surface area contributed by atoms with Crippen molar-refractivity contribution >= 4 is 12.6 Å². The van der Waals surface area contributed by atoms with Gasteiger partial charge >= 0.3 is 0 Å². The predicted molar refractivity (Wildman–Crippen MR) is 28.2 cm³/mol. The summed E-state index contributed by atoms with van der Waals surface area (Å²) in [5.74, 6) is 0. The molecule has 0 N–H and O–H groups in total. The molecular weight excluding hydrogens is 96.1 g/mol. The van der Waals surface area contributed by atoms with Crippen molar-refractivity contribution in [3.05, 3.63) is 0 Å². The maximum Gasteiger partial charge on any atom is 0.0922 e. The summed E-state index contributed by atoms with van der Waals surface area (Å²) in [6.07, 6.45) is 0.466. The van der Waals surface area contributed by atoms with Gasteiger partial charge in [0.15, 0.2) is 0 Å². The zero-order valence-corrected chi connectivity index (χ0v) is 4.61. The van der Waals surface area contributed by atoms with Crippen LogP contribution in [0, 0.1) is 0 Å². The Bertz CT molecular complexity index is 49.5. The number of epoxide rings is 1. The Morgan fingerprint density at radius 1 is 2.00 bits per heavy atom. The SMILES string of the molecule is CC(S)C1CO1. The molecule has 1 heterocycles. The van der Waals surface area contributed by atoms with Crippen molar-refractivity contribution in [2.75, 3.05) is 6.61 Å². The first kappa shape index (κ1) is 4.47. The average Bonchev–Trinajstić information content (AvgIpc) is 2.06. The first-order valence-electron chi connectivity index (χ1n) is 2.10. The van der Waals surface area contributed by atoms with Gasteiger partial charge in [-0.05, 0) is 0 Å². The van der Waals surface area contributed by atoms with Gasteiger partial charge < -0.3 is 4.74 Å². The van der Waals surface area contributed by atoms with Crippen LogP contribution < -0.4 is 0 Å². The topological polar surface area (TPSA) is 12.5 Å². The van der Waals surface area contributed by atoms with Gasteiger partial charge in [0.25, 0.3) is 0 Å². The number of hydrogen-bond donors (Lipinski definition) is 1. The molecule has 0 bridgehead atoms. The van der Waals surface area contributed by atoms with E-state index in [2.05, 4.69) is 12.6 Å². The summed E-state index contributed by atoms with van der Waals surface area (Å²) in [5, 5.41) is 0.435. The summed E-state index contributed by atoms with van der Waals surface area (Å²) in [5.41, 5.74) is 0. The highest BCUT2D eigenvalue weighted by atomic mass is 32.1. The Labute approximate surface area is 43.1 Å². The molecule has 1 aliphatic heterocycles. The third-order valence-corrected chi connectivity index (χ3v) is 1.23. The van der Waals surface area contributed by atoms with Crippen LogP contribution in [0.2, 0.25) is 0 Å². The first-order valence-corrected chi connectivity index (χ1v) is 2.62. The fraction of sp³-hybridized carbons (Fsp3) is 1.00. The minimum absolute atomic E-state index is 0.435. The van der Waals surface area contributed by atoms with Crippen LogP contribution in [0.25, 0.3) is 0 Å². The second-order valence-corrected chi connectivity index (χ2v) is 2.43. The van der Waals surface area contributed by atoms with Crippen molar-refractivity contribution in [3.63, 3.8) is 0 Å². The molecule has 0 aliphatic carbocycles. The number of ether oxygens (including phenoxy) is 1. The standard InChI is InChI=1S/C4H8OS/c1-3(6)4-2-5-4/h3-4,6H,2H2,1H3. The Balaban J connectivity index is 2.13. The quantitative estimate of drug-likeness (QED) is 0.381. The summed E-state index contributed by atoms with van der Waals surface area (Å²) in [6, 6.07) is 0. The predicted octanol–water partition coefficient (Wildman–Crippen LogP) is 0.704. The molecule has 1 rings (SSSR count). The Morgan fingerprint density at radius 2 is 2.50 bits per heavy atom. The highest BCUT2D eigenvalue weighted by Crippen LogP contribution is 2.16. The van der Waals surface area contributed by atoms with Crippen molar-refractivity contribution in [1.29, 1.82) is 0 Å². The van der Waals surface area contributed by atoms with Gasteiger partial charge in [-0.2, -0.15) is 12.6 Å². The lowest BCUT2D eigenvalue weighted by molar-refractivity contribution is 0.408. The number of hydrogen-bond acceptors (Lipinski definition) is 2. The summed E-state index contributed by atoms with van der Waals surface area (Å²) >= 11 is 4.13. The van der Waals surface area contributed by atoms with Crippen molar-refractivity contribution in [3.8, 4) is 0 Å². The van der Waals surface area contributed by atoms with E-state index in [-0.39, 0.29) is 0 Å². The van der Waals surface area contributed by atoms with Gasteiger partial charge in [0.05, 0.1) is 12.7 Å². The van der Waals surface area contributed by atoms with Gasteiger partial charge in [0.1, 0.15) is 0 Å². The molecule has 1 nitrogen and oxygen atoms in total. The second-order valence-electron chi connectivity index (χ2n) is 1.61. The van der Waals surface area contributed by atoms with Crippen LogP contribution >= 0.6 is 12.6 Å². The van der Waals surface area contributed by atoms with Gasteiger partial charge in [0.2, 0.25) is 0 Å². The highest BCUT2D eigenvalue weighted by Gasteiger charge is 2.26. The Hall–Kier alpha value is 0.310. The lowest BCUT2D eigenvalue weighted by atomic mass is 10.4. The third kappa shape index (κ3) is 0.884. The number of thiol groups is 1. The van der Waals surface area contributed by atoms with E-state index in [9.17, 15) is 0 Å². The molecule has 0 saturated carbocycles. The molecule has 1 fully saturated rings. The maximum absolute atomic E-state index is 4.89. The second kappa shape index (κ2) is 1.43. The van der Waals surface area contributed by atoms with Crippen LogP contribution in [0.5, 0.6) is 0 Å². The minimum atomic E-state index is 0.435. The molecule has 1 saturated heterocycles. The zero-order chi connectivity index (χ0) is 4.57. The fourth-order valence-electron chi connectivity index (χ4n) is 0.334. The Kier molecular flexibility index (Phi) is 1.06. The van der Waals surface area contributed by atoms with Crippen molar-refractivity contribution < 1.29 is 4.74 Å². The van der Waals surface area contributed by atoms with Crippen LogP contribution in [0.4, 0.5) is 0 Å². The van der Waals surface area contributed by atoms with Gasteiger partial charge in [-0.15, -0.1) is 0 Å². The van der Waals surface area contributed by atoms with E-state index < -0.39 is 0 Å². The summed E-state index contributed by atoms with van der Waals surface area (Å²) in [4.78, 5) is 0. The van der Waals surface area contributed by atoms with Gasteiger partial charge in [-0.1, -0.05) is 6.92 Å². The van der Waals surface area contributed by atoms with E-state index in [1.54, 1.807) is 0 Å². The van der Waals surface area contributed by atoms with Crippen LogP contribution in [0.3, 0.4) is 0 Å². The minimum Gasteiger partial charge on any atom is -0.372 e. The molecule has 0 aromatic heterocycles. The van der Waals surface area contributed by atoms with E-state index in [0.29, 0.717) is 11.4 Å². The molecule has 2 unspecified atom stereocenters. The van der Waals surface area contributed by atoms with Crippen LogP contribution in [-0.2, 0) is 4.74 Å². The van der Waals surface area contributed by atoms with Crippen molar-refractivity contribution in [1.82, 2.24) is 0 Å². The molecule has 6 heavy (non-hydrogen) atoms. The zero-order valence-electron chi connectivity index (χ0n) is 3.72. The monoisotopic (exact) mass is 104 g/mol. The fourth-order valence-corrected chi connectivity index (χ4v) is 0.506. The van der Waals surface area contributed by atoms with Gasteiger partial charge in [-0.25, -0.2) is 0 Å². The van der Waals surface area contributed by atoms with Crippen molar-refractivity contribution in [2.24, 2.45) is 0 Å².